The Labute approximate surface area is 290 Å². The zero-order valence-corrected chi connectivity index (χ0v) is 29.6. The largest absolute Gasteiger partial charge is 0.489 e. The van der Waals surface area contributed by atoms with Crippen molar-refractivity contribution in [2.24, 2.45) is 0 Å². The van der Waals surface area contributed by atoms with E-state index in [0.29, 0.717) is 16.9 Å². The van der Waals surface area contributed by atoms with Crippen LogP contribution in [0.25, 0.3) is 0 Å². The number of halogens is 2. The molecule has 0 bridgehead atoms. The SMILES string of the molecule is CC.CC=O.CCc1ccc(NCc2c(F)cccc2F)cc1NC(=O)c1cccc(CN2CCN(c3ccccc3OC(C)C)CC2)c1. The molecule has 0 saturated carbocycles. The number of carbonyl (C=O) groups is 2. The van der Waals surface area contributed by atoms with Crippen LogP contribution in [0.3, 0.4) is 0 Å². The monoisotopic (exact) mass is 672 g/mol. The summed E-state index contributed by atoms with van der Waals surface area (Å²) >= 11 is 0. The van der Waals surface area contributed by atoms with E-state index in [2.05, 4.69) is 38.6 Å². The van der Waals surface area contributed by atoms with E-state index in [1.165, 1.54) is 25.1 Å². The van der Waals surface area contributed by atoms with E-state index >= 15 is 0 Å². The summed E-state index contributed by atoms with van der Waals surface area (Å²) < 4.78 is 34.2. The number of amides is 1. The lowest BCUT2D eigenvalue weighted by Gasteiger charge is -2.37. The van der Waals surface area contributed by atoms with Crippen LogP contribution in [0.1, 0.15) is 68.6 Å². The van der Waals surface area contributed by atoms with Crippen molar-refractivity contribution in [3.63, 3.8) is 0 Å². The van der Waals surface area contributed by atoms with Crippen molar-refractivity contribution in [3.8, 4) is 5.75 Å². The van der Waals surface area contributed by atoms with E-state index in [0.717, 1.165) is 68.0 Å². The smallest absolute Gasteiger partial charge is 0.255 e. The highest BCUT2D eigenvalue weighted by Gasteiger charge is 2.21. The number of para-hydroxylation sites is 2. The maximum Gasteiger partial charge on any atom is 0.255 e. The van der Waals surface area contributed by atoms with Gasteiger partial charge >= 0.3 is 0 Å². The van der Waals surface area contributed by atoms with E-state index in [9.17, 15) is 13.6 Å². The Hall–Kier alpha value is -4.76. The maximum atomic E-state index is 14.1. The molecule has 1 fully saturated rings. The first-order valence-corrected chi connectivity index (χ1v) is 17.0. The summed E-state index contributed by atoms with van der Waals surface area (Å²) in [6.07, 6.45) is 1.59. The minimum absolute atomic E-state index is 0.00803. The minimum atomic E-state index is -0.598. The molecule has 7 nitrogen and oxygen atoms in total. The fourth-order valence-electron chi connectivity index (χ4n) is 5.49. The van der Waals surface area contributed by atoms with Crippen molar-refractivity contribution in [1.29, 1.82) is 0 Å². The van der Waals surface area contributed by atoms with Gasteiger partial charge in [-0.2, -0.15) is 0 Å². The average molecular weight is 673 g/mol. The molecule has 0 radical (unpaired) electrons. The highest BCUT2D eigenvalue weighted by molar-refractivity contribution is 6.05. The van der Waals surface area contributed by atoms with E-state index in [1.807, 2.05) is 83.1 Å². The molecule has 1 amide bonds. The molecule has 0 aromatic heterocycles. The number of aldehydes is 1. The third-order valence-electron chi connectivity index (χ3n) is 7.81. The van der Waals surface area contributed by atoms with Gasteiger partial charge in [0.1, 0.15) is 23.7 Å². The lowest BCUT2D eigenvalue weighted by Crippen LogP contribution is -2.46. The fourth-order valence-corrected chi connectivity index (χ4v) is 5.49. The number of nitrogens with zero attached hydrogens (tertiary/aromatic N) is 2. The van der Waals surface area contributed by atoms with Gasteiger partial charge in [0.15, 0.2) is 0 Å². The quantitative estimate of drug-likeness (QED) is 0.155. The highest BCUT2D eigenvalue weighted by Crippen LogP contribution is 2.30. The van der Waals surface area contributed by atoms with Crippen LogP contribution >= 0.6 is 0 Å². The predicted octanol–water partition coefficient (Wildman–Crippen LogP) is 8.73. The van der Waals surface area contributed by atoms with Crippen molar-refractivity contribution in [3.05, 3.63) is 119 Å². The summed E-state index contributed by atoms with van der Waals surface area (Å²) in [4.78, 5) is 26.9. The summed E-state index contributed by atoms with van der Waals surface area (Å²) in [7, 11) is 0. The number of nitrogens with one attached hydrogen (secondary N) is 2. The van der Waals surface area contributed by atoms with Crippen LogP contribution in [-0.2, 0) is 24.3 Å². The van der Waals surface area contributed by atoms with Crippen LogP contribution in [0.2, 0.25) is 0 Å². The fraction of sp³-hybridized carbons (Fsp3) is 0.350. The normalized spacial score (nSPS) is 12.6. The molecule has 49 heavy (non-hydrogen) atoms. The molecule has 1 aliphatic heterocycles. The summed E-state index contributed by atoms with van der Waals surface area (Å²) in [5.41, 5.74) is 5.05. The maximum absolute atomic E-state index is 14.1. The van der Waals surface area contributed by atoms with Gasteiger partial charge in [0.2, 0.25) is 0 Å². The van der Waals surface area contributed by atoms with Gasteiger partial charge in [-0.25, -0.2) is 8.78 Å². The molecule has 0 spiro atoms. The molecule has 0 atom stereocenters. The Morgan fingerprint density at radius 3 is 2.20 bits per heavy atom. The Balaban J connectivity index is 0.00000123. The van der Waals surface area contributed by atoms with Crippen LogP contribution in [-0.4, -0.2) is 49.4 Å². The van der Waals surface area contributed by atoms with Crippen LogP contribution in [0.5, 0.6) is 5.75 Å². The topological polar surface area (TPSA) is 73.9 Å². The highest BCUT2D eigenvalue weighted by atomic mass is 19.1. The number of anilines is 3. The van der Waals surface area contributed by atoms with E-state index in [-0.39, 0.29) is 24.1 Å². The number of benzene rings is 4. The second-order valence-corrected chi connectivity index (χ2v) is 11.6. The number of carbonyl (C=O) groups excluding carboxylic acids is 2. The summed E-state index contributed by atoms with van der Waals surface area (Å²) in [5, 5.41) is 6.13. The second-order valence-electron chi connectivity index (χ2n) is 11.6. The summed E-state index contributed by atoms with van der Waals surface area (Å²) in [6.45, 7) is 15.9. The number of piperazine rings is 1. The van der Waals surface area contributed by atoms with Gasteiger partial charge in [0.05, 0.1) is 11.8 Å². The molecule has 0 unspecified atom stereocenters. The van der Waals surface area contributed by atoms with Crippen LogP contribution < -0.4 is 20.3 Å². The van der Waals surface area contributed by atoms with E-state index in [1.54, 1.807) is 0 Å². The molecule has 1 aliphatic rings. The van der Waals surface area contributed by atoms with Crippen molar-refractivity contribution in [2.45, 2.75) is 67.2 Å². The number of ether oxygens (including phenoxy) is 1. The van der Waals surface area contributed by atoms with Crippen molar-refractivity contribution < 1.29 is 23.1 Å². The Morgan fingerprint density at radius 2 is 1.55 bits per heavy atom. The van der Waals surface area contributed by atoms with Crippen molar-refractivity contribution >= 4 is 29.3 Å². The molecule has 1 heterocycles. The Kier molecular flexibility index (Phi) is 15.7. The molecule has 5 rings (SSSR count). The average Bonchev–Trinajstić information content (AvgIpc) is 3.10. The summed E-state index contributed by atoms with van der Waals surface area (Å²) in [6, 6.07) is 25.3. The second kappa shape index (κ2) is 19.9. The first kappa shape index (κ1) is 38.7. The zero-order valence-electron chi connectivity index (χ0n) is 29.6. The molecular weight excluding hydrogens is 622 g/mol. The first-order chi connectivity index (χ1) is 23.7. The van der Waals surface area contributed by atoms with Gasteiger partial charge in [0, 0.05) is 61.8 Å². The molecular formula is C40H50F2N4O3. The van der Waals surface area contributed by atoms with E-state index in [4.69, 9.17) is 9.53 Å². The zero-order chi connectivity index (χ0) is 35.8. The number of hydrogen-bond acceptors (Lipinski definition) is 6. The molecule has 0 aliphatic carbocycles. The Morgan fingerprint density at radius 1 is 0.898 bits per heavy atom. The van der Waals surface area contributed by atoms with Crippen molar-refractivity contribution in [1.82, 2.24) is 4.90 Å². The lowest BCUT2D eigenvalue weighted by molar-refractivity contribution is -0.106. The standard InChI is InChI=1S/C36H40F2N4O2.C2H4O.C2H6/c1-4-27-15-16-29(39-23-30-31(37)11-8-12-32(30)38)22-33(27)40-36(43)28-10-7-9-26(21-28)24-41-17-19-42(20-18-41)34-13-5-6-14-35(34)44-25(2)3;1-2-3;1-2/h5-16,21-22,25,39H,4,17-20,23-24H2,1-3H3,(H,40,43);2H,1H3;1-2H3. The number of aryl methyl sites for hydroxylation is 1. The van der Waals surface area contributed by atoms with Crippen LogP contribution in [0.15, 0.2) is 84.9 Å². The minimum Gasteiger partial charge on any atom is -0.489 e. The van der Waals surface area contributed by atoms with Gasteiger partial charge < -0.3 is 25.1 Å². The molecule has 262 valence electrons. The van der Waals surface area contributed by atoms with Crippen LogP contribution in [0.4, 0.5) is 25.8 Å². The third-order valence-corrected chi connectivity index (χ3v) is 7.81. The molecule has 4 aromatic carbocycles. The summed E-state index contributed by atoms with van der Waals surface area (Å²) in [5.74, 6) is -0.481. The van der Waals surface area contributed by atoms with Gasteiger partial charge in [-0.1, -0.05) is 57.2 Å². The van der Waals surface area contributed by atoms with E-state index < -0.39 is 11.6 Å². The van der Waals surface area contributed by atoms with Crippen LogP contribution in [0, 0.1) is 11.6 Å². The number of rotatable bonds is 11. The third kappa shape index (κ3) is 11.4. The van der Waals surface area contributed by atoms with Gasteiger partial charge in [-0.15, -0.1) is 0 Å². The van der Waals surface area contributed by atoms with Gasteiger partial charge in [-0.05, 0) is 86.8 Å². The molecule has 9 heteroatoms. The lowest BCUT2D eigenvalue weighted by atomic mass is 10.1. The number of hydrogen-bond donors (Lipinski definition) is 2. The molecule has 2 N–H and O–H groups in total. The first-order valence-electron chi connectivity index (χ1n) is 17.0. The molecule has 1 saturated heterocycles. The van der Waals surface area contributed by atoms with Gasteiger partial charge in [-0.3, -0.25) is 9.69 Å². The predicted molar refractivity (Wildman–Crippen MR) is 197 cm³/mol. The van der Waals surface area contributed by atoms with Crippen molar-refractivity contribution in [2.75, 3.05) is 41.7 Å². The Bertz CT molecular complexity index is 1620. The van der Waals surface area contributed by atoms with Gasteiger partial charge in [0.25, 0.3) is 5.91 Å². The molecule has 4 aromatic rings.